The number of rotatable bonds is 5. The van der Waals surface area contributed by atoms with Gasteiger partial charge in [-0.25, -0.2) is 0 Å². The lowest BCUT2D eigenvalue weighted by Gasteiger charge is -2.00. The lowest BCUT2D eigenvalue weighted by atomic mass is 10.2. The molecule has 6 heteroatoms. The van der Waals surface area contributed by atoms with Gasteiger partial charge in [-0.05, 0) is 20.0 Å². The Labute approximate surface area is 104 Å². The van der Waals surface area contributed by atoms with Crippen LogP contribution in [0.4, 0.5) is 0 Å². The lowest BCUT2D eigenvalue weighted by Crippen LogP contribution is -2.03. The molecule has 2 rings (SSSR count). The second-order valence-corrected chi connectivity index (χ2v) is 5.15. The maximum Gasteiger partial charge on any atom is 0.335 e. The Kier molecular flexibility index (Phi) is 3.75. The minimum Gasteiger partial charge on any atom is -0.457 e. The van der Waals surface area contributed by atoms with E-state index in [2.05, 4.69) is 28.4 Å². The average molecular weight is 252 g/mol. The first-order valence-electron chi connectivity index (χ1n) is 5.40. The average Bonchev–Trinajstić information content (AvgIpc) is 2.83. The predicted octanol–water partition coefficient (Wildman–Crippen LogP) is 1.48. The van der Waals surface area contributed by atoms with E-state index < -0.39 is 0 Å². The molecule has 0 atom stereocenters. The van der Waals surface area contributed by atoms with Gasteiger partial charge in [-0.1, -0.05) is 0 Å². The monoisotopic (exact) mass is 252 g/mol. The van der Waals surface area contributed by atoms with E-state index in [1.54, 1.807) is 22.3 Å². The first-order valence-corrected chi connectivity index (χ1v) is 6.22. The van der Waals surface area contributed by atoms with Crippen LogP contribution in [0.1, 0.15) is 15.3 Å². The minimum absolute atomic E-state index is 0.424. The molecule has 0 aliphatic rings. The smallest absolute Gasteiger partial charge is 0.335 e. The molecule has 0 bridgehead atoms. The Morgan fingerprint density at radius 2 is 2.35 bits per heavy atom. The third kappa shape index (κ3) is 3.04. The van der Waals surface area contributed by atoms with E-state index in [0.29, 0.717) is 12.6 Å². The van der Waals surface area contributed by atoms with Crippen molar-refractivity contribution in [1.82, 2.24) is 20.1 Å². The molecule has 0 aliphatic heterocycles. The van der Waals surface area contributed by atoms with Gasteiger partial charge in [0.1, 0.15) is 12.9 Å². The van der Waals surface area contributed by atoms with Crippen LogP contribution in [0.25, 0.3) is 0 Å². The molecule has 5 nitrogen and oxygen atoms in total. The highest BCUT2D eigenvalue weighted by atomic mass is 32.1. The summed E-state index contributed by atoms with van der Waals surface area (Å²) in [6, 6.07) is 2.59. The van der Waals surface area contributed by atoms with Crippen LogP contribution >= 0.6 is 11.3 Å². The highest BCUT2D eigenvalue weighted by Gasteiger charge is 2.07. The van der Waals surface area contributed by atoms with Crippen molar-refractivity contribution in [3.63, 3.8) is 0 Å². The van der Waals surface area contributed by atoms with E-state index in [0.717, 1.165) is 6.54 Å². The van der Waals surface area contributed by atoms with Crippen LogP contribution in [0, 0.1) is 6.92 Å². The summed E-state index contributed by atoms with van der Waals surface area (Å²) in [6.45, 7) is 3.53. The molecule has 0 radical (unpaired) electrons. The molecule has 0 amide bonds. The van der Waals surface area contributed by atoms with Crippen LogP contribution < -0.4 is 10.1 Å². The molecule has 0 fully saturated rings. The summed E-state index contributed by atoms with van der Waals surface area (Å²) < 4.78 is 7.16. The molecule has 2 aromatic heterocycles. The van der Waals surface area contributed by atoms with Gasteiger partial charge in [-0.15, -0.1) is 16.4 Å². The van der Waals surface area contributed by atoms with Gasteiger partial charge in [0.15, 0.2) is 0 Å². The summed E-state index contributed by atoms with van der Waals surface area (Å²) in [4.78, 5) is 6.63. The van der Waals surface area contributed by atoms with E-state index in [-0.39, 0.29) is 0 Å². The zero-order valence-electron chi connectivity index (χ0n) is 10.2. The molecular formula is C11H16N4OS. The molecule has 92 valence electrons. The van der Waals surface area contributed by atoms with E-state index in [1.807, 2.05) is 14.1 Å². The summed E-state index contributed by atoms with van der Waals surface area (Å²) in [5.74, 6) is 0. The molecular weight excluding hydrogens is 236 g/mol. The fourth-order valence-electron chi connectivity index (χ4n) is 1.52. The van der Waals surface area contributed by atoms with E-state index in [9.17, 15) is 0 Å². The van der Waals surface area contributed by atoms with Crippen molar-refractivity contribution in [2.75, 3.05) is 7.05 Å². The minimum atomic E-state index is 0.424. The molecule has 0 aliphatic carbocycles. The van der Waals surface area contributed by atoms with Gasteiger partial charge >= 0.3 is 6.01 Å². The third-order valence-corrected chi connectivity index (χ3v) is 3.45. The van der Waals surface area contributed by atoms with Gasteiger partial charge in [-0.3, -0.25) is 4.68 Å². The zero-order valence-corrected chi connectivity index (χ0v) is 11.0. The number of aromatic nitrogens is 3. The van der Waals surface area contributed by atoms with Gasteiger partial charge in [0.05, 0.1) is 0 Å². The number of aryl methyl sites for hydroxylation is 2. The van der Waals surface area contributed by atoms with E-state index >= 15 is 0 Å². The second kappa shape index (κ2) is 5.29. The van der Waals surface area contributed by atoms with E-state index in [1.165, 1.54) is 15.3 Å². The zero-order chi connectivity index (χ0) is 12.3. The van der Waals surface area contributed by atoms with E-state index in [4.69, 9.17) is 4.74 Å². The Morgan fingerprint density at radius 3 is 3.00 bits per heavy atom. The number of thiophene rings is 1. The fourth-order valence-corrected chi connectivity index (χ4v) is 2.58. The molecule has 2 aromatic rings. The van der Waals surface area contributed by atoms with Crippen LogP contribution in [0.2, 0.25) is 0 Å². The second-order valence-electron chi connectivity index (χ2n) is 3.81. The highest BCUT2D eigenvalue weighted by molar-refractivity contribution is 7.12. The molecule has 17 heavy (non-hydrogen) atoms. The van der Waals surface area contributed by atoms with Gasteiger partial charge in [-0.2, -0.15) is 4.98 Å². The number of ether oxygens (including phenoxy) is 1. The Morgan fingerprint density at radius 1 is 1.53 bits per heavy atom. The largest absolute Gasteiger partial charge is 0.457 e. The van der Waals surface area contributed by atoms with Gasteiger partial charge in [0.2, 0.25) is 0 Å². The van der Waals surface area contributed by atoms with Crippen LogP contribution in [0.15, 0.2) is 12.4 Å². The molecule has 2 heterocycles. The number of nitrogens with zero attached hydrogens (tertiary/aromatic N) is 3. The Hall–Kier alpha value is -1.40. The summed E-state index contributed by atoms with van der Waals surface area (Å²) in [7, 11) is 3.77. The van der Waals surface area contributed by atoms with Crippen molar-refractivity contribution in [3.05, 3.63) is 27.7 Å². The Bertz CT molecular complexity index is 491. The van der Waals surface area contributed by atoms with Crippen molar-refractivity contribution in [3.8, 4) is 6.01 Å². The molecule has 0 saturated carbocycles. The predicted molar refractivity (Wildman–Crippen MR) is 67.2 cm³/mol. The van der Waals surface area contributed by atoms with Crippen molar-refractivity contribution in [2.24, 2.45) is 7.05 Å². The summed E-state index contributed by atoms with van der Waals surface area (Å²) in [5.41, 5.74) is 1.20. The fraction of sp³-hybridized carbons (Fsp3) is 0.455. The van der Waals surface area contributed by atoms with Crippen molar-refractivity contribution >= 4 is 11.3 Å². The first-order chi connectivity index (χ1) is 8.19. The number of hydrogen-bond donors (Lipinski definition) is 1. The summed E-state index contributed by atoms with van der Waals surface area (Å²) in [6.07, 6.45) is 1.63. The van der Waals surface area contributed by atoms with Gasteiger partial charge in [0.25, 0.3) is 0 Å². The van der Waals surface area contributed by atoms with Gasteiger partial charge < -0.3 is 10.1 Å². The Balaban J connectivity index is 1.98. The van der Waals surface area contributed by atoms with Crippen molar-refractivity contribution < 1.29 is 4.74 Å². The topological polar surface area (TPSA) is 52.0 Å². The molecule has 0 saturated heterocycles. The van der Waals surface area contributed by atoms with Crippen molar-refractivity contribution in [2.45, 2.75) is 20.1 Å². The maximum atomic E-state index is 5.53. The molecule has 0 unspecified atom stereocenters. The molecule has 0 spiro atoms. The molecule has 1 N–H and O–H groups in total. The van der Waals surface area contributed by atoms with Crippen LogP contribution in [-0.4, -0.2) is 21.8 Å². The first kappa shape index (κ1) is 12.1. The number of hydrogen-bond acceptors (Lipinski definition) is 5. The van der Waals surface area contributed by atoms with Crippen LogP contribution in [-0.2, 0) is 20.2 Å². The lowest BCUT2D eigenvalue weighted by molar-refractivity contribution is 0.280. The standard InChI is InChI=1S/C11H16N4OS/c1-8-9(4-10(17-8)5-12-2)6-16-11-13-7-15(3)14-11/h4,7,12H,5-6H2,1-3H3. The number of nitrogens with one attached hydrogen (secondary N) is 1. The molecule has 0 aromatic carbocycles. The van der Waals surface area contributed by atoms with Gasteiger partial charge in [0, 0.05) is 28.9 Å². The SMILES string of the molecule is CNCc1cc(COc2ncn(C)n2)c(C)s1. The summed E-state index contributed by atoms with van der Waals surface area (Å²) >= 11 is 1.79. The maximum absolute atomic E-state index is 5.53. The van der Waals surface area contributed by atoms with Crippen LogP contribution in [0.5, 0.6) is 6.01 Å². The summed E-state index contributed by atoms with van der Waals surface area (Å²) in [5, 5.41) is 7.22. The normalized spacial score (nSPS) is 10.8. The van der Waals surface area contributed by atoms with Crippen LogP contribution in [0.3, 0.4) is 0 Å². The van der Waals surface area contributed by atoms with Crippen molar-refractivity contribution in [1.29, 1.82) is 0 Å². The quantitative estimate of drug-likeness (QED) is 0.876. The third-order valence-electron chi connectivity index (χ3n) is 2.36. The highest BCUT2D eigenvalue weighted by Crippen LogP contribution is 2.22.